The molecule has 3 heteroatoms. The van der Waals surface area contributed by atoms with E-state index < -0.39 is 5.60 Å². The summed E-state index contributed by atoms with van der Waals surface area (Å²) in [6.45, 7) is 9.02. The van der Waals surface area contributed by atoms with Crippen LogP contribution in [0.25, 0.3) is 0 Å². The standard InChI is InChI=1S/C12H26N2O/c1-10(2)12(3,15)9-14(4)8-11-6-5-7-13-11/h10-11,13,15H,5-9H2,1-4H3. The molecule has 2 atom stereocenters. The fourth-order valence-corrected chi connectivity index (χ4v) is 2.08. The van der Waals surface area contributed by atoms with E-state index in [0.717, 1.165) is 19.6 Å². The van der Waals surface area contributed by atoms with E-state index in [2.05, 4.69) is 31.1 Å². The number of nitrogens with zero attached hydrogens (tertiary/aromatic N) is 1. The molecule has 1 rings (SSSR count). The molecule has 0 aliphatic carbocycles. The monoisotopic (exact) mass is 214 g/mol. The van der Waals surface area contributed by atoms with Gasteiger partial charge in [0.2, 0.25) is 0 Å². The number of rotatable bonds is 5. The van der Waals surface area contributed by atoms with E-state index in [1.54, 1.807) is 0 Å². The van der Waals surface area contributed by atoms with E-state index >= 15 is 0 Å². The molecule has 2 unspecified atom stereocenters. The van der Waals surface area contributed by atoms with Gasteiger partial charge >= 0.3 is 0 Å². The lowest BCUT2D eigenvalue weighted by Crippen LogP contribution is -2.46. The van der Waals surface area contributed by atoms with Gasteiger partial charge in [-0.15, -0.1) is 0 Å². The molecule has 0 bridgehead atoms. The third-order valence-corrected chi connectivity index (χ3v) is 3.53. The van der Waals surface area contributed by atoms with Gasteiger partial charge in [0, 0.05) is 19.1 Å². The van der Waals surface area contributed by atoms with Crippen LogP contribution in [0.5, 0.6) is 0 Å². The van der Waals surface area contributed by atoms with Crippen LogP contribution in [0.15, 0.2) is 0 Å². The Labute approximate surface area is 93.9 Å². The van der Waals surface area contributed by atoms with Crippen molar-refractivity contribution < 1.29 is 5.11 Å². The van der Waals surface area contributed by atoms with Crippen LogP contribution >= 0.6 is 0 Å². The normalized spacial score (nSPS) is 26.2. The summed E-state index contributed by atoms with van der Waals surface area (Å²) >= 11 is 0. The number of aliphatic hydroxyl groups is 1. The molecule has 0 aromatic carbocycles. The van der Waals surface area contributed by atoms with Crippen molar-refractivity contribution in [3.05, 3.63) is 0 Å². The molecule has 15 heavy (non-hydrogen) atoms. The summed E-state index contributed by atoms with van der Waals surface area (Å²) in [6.07, 6.45) is 2.56. The van der Waals surface area contributed by atoms with Crippen LogP contribution < -0.4 is 5.32 Å². The van der Waals surface area contributed by atoms with Crippen molar-refractivity contribution in [2.45, 2.75) is 45.3 Å². The molecule has 2 N–H and O–H groups in total. The Bertz CT molecular complexity index is 186. The summed E-state index contributed by atoms with van der Waals surface area (Å²) in [4.78, 5) is 2.24. The highest BCUT2D eigenvalue weighted by Crippen LogP contribution is 2.17. The van der Waals surface area contributed by atoms with Crippen molar-refractivity contribution in [2.75, 3.05) is 26.7 Å². The lowest BCUT2D eigenvalue weighted by Gasteiger charge is -2.33. The summed E-state index contributed by atoms with van der Waals surface area (Å²) in [5.41, 5.74) is -0.576. The van der Waals surface area contributed by atoms with Gasteiger partial charge in [-0.3, -0.25) is 0 Å². The van der Waals surface area contributed by atoms with Crippen LogP contribution in [0, 0.1) is 5.92 Å². The molecule has 0 aromatic heterocycles. The van der Waals surface area contributed by atoms with E-state index in [1.807, 2.05) is 6.92 Å². The molecule has 0 aromatic rings. The average Bonchev–Trinajstić information content (AvgIpc) is 2.54. The maximum atomic E-state index is 10.2. The Balaban J connectivity index is 2.31. The predicted molar refractivity (Wildman–Crippen MR) is 64.0 cm³/mol. The molecule has 0 radical (unpaired) electrons. The fraction of sp³-hybridized carbons (Fsp3) is 1.00. The number of nitrogens with one attached hydrogen (secondary N) is 1. The van der Waals surface area contributed by atoms with Crippen molar-refractivity contribution in [3.63, 3.8) is 0 Å². The minimum atomic E-state index is -0.576. The van der Waals surface area contributed by atoms with Crippen LogP contribution in [0.2, 0.25) is 0 Å². The summed E-state index contributed by atoms with van der Waals surface area (Å²) in [6, 6.07) is 0.623. The quantitative estimate of drug-likeness (QED) is 0.719. The average molecular weight is 214 g/mol. The molecule has 0 amide bonds. The minimum Gasteiger partial charge on any atom is -0.389 e. The molecule has 3 nitrogen and oxygen atoms in total. The van der Waals surface area contributed by atoms with E-state index in [0.29, 0.717) is 12.0 Å². The van der Waals surface area contributed by atoms with Crippen molar-refractivity contribution in [3.8, 4) is 0 Å². The first-order valence-corrected chi connectivity index (χ1v) is 6.06. The number of hydrogen-bond acceptors (Lipinski definition) is 3. The summed E-state index contributed by atoms with van der Waals surface area (Å²) in [5, 5.41) is 13.7. The molecule has 1 aliphatic rings. The summed E-state index contributed by atoms with van der Waals surface area (Å²) < 4.78 is 0. The highest BCUT2D eigenvalue weighted by atomic mass is 16.3. The lowest BCUT2D eigenvalue weighted by atomic mass is 9.92. The van der Waals surface area contributed by atoms with Gasteiger partial charge in [-0.25, -0.2) is 0 Å². The van der Waals surface area contributed by atoms with Gasteiger partial charge in [-0.05, 0) is 39.3 Å². The van der Waals surface area contributed by atoms with Gasteiger partial charge in [0.15, 0.2) is 0 Å². The molecule has 1 aliphatic heterocycles. The highest BCUT2D eigenvalue weighted by molar-refractivity contribution is 4.83. The van der Waals surface area contributed by atoms with Crippen LogP contribution in [-0.2, 0) is 0 Å². The second-order valence-corrected chi connectivity index (χ2v) is 5.50. The molecule has 1 heterocycles. The van der Waals surface area contributed by atoms with Gasteiger partial charge in [0.25, 0.3) is 0 Å². The topological polar surface area (TPSA) is 35.5 Å². The van der Waals surface area contributed by atoms with Crippen molar-refractivity contribution >= 4 is 0 Å². The van der Waals surface area contributed by atoms with Gasteiger partial charge in [0.05, 0.1) is 5.60 Å². The lowest BCUT2D eigenvalue weighted by molar-refractivity contribution is -0.0142. The zero-order valence-electron chi connectivity index (χ0n) is 10.6. The van der Waals surface area contributed by atoms with Crippen molar-refractivity contribution in [1.82, 2.24) is 10.2 Å². The first-order valence-electron chi connectivity index (χ1n) is 6.06. The third kappa shape index (κ3) is 4.09. The fourth-order valence-electron chi connectivity index (χ4n) is 2.08. The number of hydrogen-bond donors (Lipinski definition) is 2. The van der Waals surface area contributed by atoms with E-state index in [4.69, 9.17) is 0 Å². The molecule has 0 saturated carbocycles. The maximum Gasteiger partial charge on any atom is 0.0768 e. The second kappa shape index (κ2) is 5.28. The maximum absolute atomic E-state index is 10.2. The Hall–Kier alpha value is -0.120. The van der Waals surface area contributed by atoms with E-state index in [1.165, 1.54) is 12.8 Å². The first kappa shape index (κ1) is 12.9. The molecule has 1 saturated heterocycles. The second-order valence-electron chi connectivity index (χ2n) is 5.50. The molecule has 0 spiro atoms. The molecule has 1 fully saturated rings. The number of likely N-dealkylation sites (N-methyl/N-ethyl adjacent to an activating group) is 1. The van der Waals surface area contributed by atoms with Crippen LogP contribution in [0.1, 0.15) is 33.6 Å². The van der Waals surface area contributed by atoms with E-state index in [-0.39, 0.29) is 0 Å². The van der Waals surface area contributed by atoms with Gasteiger partial charge < -0.3 is 15.3 Å². The van der Waals surface area contributed by atoms with Gasteiger partial charge in [-0.1, -0.05) is 13.8 Å². The molecular weight excluding hydrogens is 188 g/mol. The highest BCUT2D eigenvalue weighted by Gasteiger charge is 2.27. The third-order valence-electron chi connectivity index (χ3n) is 3.53. The zero-order chi connectivity index (χ0) is 11.5. The Morgan fingerprint density at radius 3 is 2.67 bits per heavy atom. The minimum absolute atomic E-state index is 0.302. The van der Waals surface area contributed by atoms with Crippen LogP contribution in [0.3, 0.4) is 0 Å². The SMILES string of the molecule is CC(C)C(C)(O)CN(C)CC1CCCN1. The zero-order valence-corrected chi connectivity index (χ0v) is 10.6. The van der Waals surface area contributed by atoms with Gasteiger partial charge in [-0.2, -0.15) is 0 Å². The molecular formula is C12H26N2O. The summed E-state index contributed by atoms with van der Waals surface area (Å²) in [5.74, 6) is 0.302. The smallest absolute Gasteiger partial charge is 0.0768 e. The van der Waals surface area contributed by atoms with Crippen molar-refractivity contribution in [2.24, 2.45) is 5.92 Å². The molecule has 90 valence electrons. The Morgan fingerprint density at radius 2 is 2.20 bits per heavy atom. The van der Waals surface area contributed by atoms with Gasteiger partial charge in [0.1, 0.15) is 0 Å². The van der Waals surface area contributed by atoms with Crippen LogP contribution in [-0.4, -0.2) is 48.3 Å². The Kier molecular flexibility index (Phi) is 4.56. The first-order chi connectivity index (χ1) is 6.92. The Morgan fingerprint density at radius 1 is 1.53 bits per heavy atom. The van der Waals surface area contributed by atoms with E-state index in [9.17, 15) is 5.11 Å². The summed E-state index contributed by atoms with van der Waals surface area (Å²) in [7, 11) is 2.09. The van der Waals surface area contributed by atoms with Crippen molar-refractivity contribution in [1.29, 1.82) is 0 Å². The largest absolute Gasteiger partial charge is 0.389 e. The van der Waals surface area contributed by atoms with Crippen LogP contribution in [0.4, 0.5) is 0 Å². The predicted octanol–water partition coefficient (Wildman–Crippen LogP) is 1.08.